The molecule has 0 spiro atoms. The van der Waals surface area contributed by atoms with Gasteiger partial charge in [0.05, 0.1) is 6.04 Å². The van der Waals surface area contributed by atoms with Crippen LogP contribution in [0, 0.1) is 0 Å². The van der Waals surface area contributed by atoms with E-state index in [2.05, 4.69) is 15.3 Å². The quantitative estimate of drug-likeness (QED) is 0.585. The molecule has 0 aliphatic carbocycles. The number of nitrogens with one attached hydrogen (secondary N) is 2. The van der Waals surface area contributed by atoms with Crippen LogP contribution in [-0.2, 0) is 4.79 Å². The number of nitrogens with zero attached hydrogens (tertiary/aromatic N) is 2. The summed E-state index contributed by atoms with van der Waals surface area (Å²) in [6, 6.07) is -0.119. The zero-order valence-electron chi connectivity index (χ0n) is 9.94. The van der Waals surface area contributed by atoms with Crippen molar-refractivity contribution in [2.45, 2.75) is 32.9 Å². The second kappa shape index (κ2) is 3.76. The van der Waals surface area contributed by atoms with Gasteiger partial charge in [-0.05, 0) is 13.8 Å². The van der Waals surface area contributed by atoms with Gasteiger partial charge in [-0.25, -0.2) is 0 Å². The molecule has 1 aromatic rings. The van der Waals surface area contributed by atoms with E-state index in [9.17, 15) is 9.59 Å². The zero-order chi connectivity index (χ0) is 12.7. The van der Waals surface area contributed by atoms with Crippen molar-refractivity contribution in [3.05, 3.63) is 10.4 Å². The smallest absolute Gasteiger partial charge is 0.278 e. The lowest BCUT2D eigenvalue weighted by Gasteiger charge is -2.38. The van der Waals surface area contributed by atoms with Crippen LogP contribution >= 0.6 is 0 Å². The lowest BCUT2D eigenvalue weighted by Crippen LogP contribution is -2.52. The fraction of sp³-hybridized carbons (Fsp3) is 0.500. The van der Waals surface area contributed by atoms with Gasteiger partial charge in [0.25, 0.3) is 5.56 Å². The summed E-state index contributed by atoms with van der Waals surface area (Å²) in [5, 5.41) is 3.07. The Bertz CT molecular complexity index is 524. The second-order valence-electron chi connectivity index (χ2n) is 4.21. The maximum Gasteiger partial charge on any atom is 0.278 e. The number of hydrogen-bond donors (Lipinski definition) is 3. The fourth-order valence-electron chi connectivity index (χ4n) is 2.02. The third-order valence-corrected chi connectivity index (χ3v) is 2.99. The number of aromatic amines is 1. The third kappa shape index (κ3) is 1.73. The first kappa shape index (κ1) is 11.4. The first-order chi connectivity index (χ1) is 7.91. The van der Waals surface area contributed by atoms with Crippen LogP contribution in [0.15, 0.2) is 4.79 Å². The Balaban J connectivity index is 2.66. The molecule has 92 valence electrons. The average Bonchev–Trinajstić information content (AvgIpc) is 2.20. The summed E-state index contributed by atoms with van der Waals surface area (Å²) in [7, 11) is 0. The number of carbonyl (C=O) groups is 1. The number of aromatic nitrogens is 2. The van der Waals surface area contributed by atoms with Crippen molar-refractivity contribution in [1.82, 2.24) is 9.97 Å². The van der Waals surface area contributed by atoms with Crippen LogP contribution in [0.3, 0.4) is 0 Å². The van der Waals surface area contributed by atoms with Crippen molar-refractivity contribution in [3.8, 4) is 0 Å². The maximum absolute atomic E-state index is 11.8. The minimum atomic E-state index is -0.408. The van der Waals surface area contributed by atoms with E-state index in [4.69, 9.17) is 5.73 Å². The van der Waals surface area contributed by atoms with Crippen LogP contribution in [0.25, 0.3) is 0 Å². The van der Waals surface area contributed by atoms with E-state index in [1.807, 2.05) is 13.8 Å². The number of amides is 1. The molecule has 4 N–H and O–H groups in total. The molecule has 1 aromatic heterocycles. The number of fused-ring (bicyclic) bond motifs is 1. The molecular weight excluding hydrogens is 222 g/mol. The Morgan fingerprint density at radius 2 is 2.12 bits per heavy atom. The molecule has 1 aliphatic heterocycles. The van der Waals surface area contributed by atoms with Crippen LogP contribution in [-0.4, -0.2) is 28.0 Å². The summed E-state index contributed by atoms with van der Waals surface area (Å²) in [5.74, 6) is 0.197. The standard InChI is InChI=1S/C10H15N5O2/c1-4-5(2)15(6(3)16)7-8(12-4)13-10(11)14-9(7)17/h4-5H,1-3H3,(H4,11,12,13,14,17). The van der Waals surface area contributed by atoms with Gasteiger partial charge in [-0.1, -0.05) is 0 Å². The largest absolute Gasteiger partial charge is 0.369 e. The van der Waals surface area contributed by atoms with Gasteiger partial charge < -0.3 is 11.1 Å². The predicted octanol–water partition coefficient (Wildman–Crippen LogP) is -0.0925. The van der Waals surface area contributed by atoms with Gasteiger partial charge in [-0.2, -0.15) is 4.98 Å². The molecule has 2 heterocycles. The number of anilines is 3. The van der Waals surface area contributed by atoms with Gasteiger partial charge in [0.15, 0.2) is 11.5 Å². The lowest BCUT2D eigenvalue weighted by atomic mass is 10.1. The highest BCUT2D eigenvalue weighted by atomic mass is 16.2. The molecule has 7 heteroatoms. The van der Waals surface area contributed by atoms with E-state index < -0.39 is 5.56 Å². The first-order valence-electron chi connectivity index (χ1n) is 5.38. The summed E-state index contributed by atoms with van der Waals surface area (Å²) in [6.45, 7) is 5.22. The molecule has 17 heavy (non-hydrogen) atoms. The Hall–Kier alpha value is -2.05. The van der Waals surface area contributed by atoms with Crippen LogP contribution in [0.1, 0.15) is 20.8 Å². The van der Waals surface area contributed by atoms with Crippen molar-refractivity contribution in [1.29, 1.82) is 0 Å². The fourth-order valence-corrected chi connectivity index (χ4v) is 2.02. The molecule has 0 aromatic carbocycles. The summed E-state index contributed by atoms with van der Waals surface area (Å²) >= 11 is 0. The number of carbonyl (C=O) groups excluding carboxylic acids is 1. The minimum absolute atomic E-state index is 0.0000926. The second-order valence-corrected chi connectivity index (χ2v) is 4.21. The van der Waals surface area contributed by atoms with Crippen molar-refractivity contribution < 1.29 is 4.79 Å². The maximum atomic E-state index is 11.8. The summed E-state index contributed by atoms with van der Waals surface area (Å²) < 4.78 is 0. The van der Waals surface area contributed by atoms with Crippen molar-refractivity contribution in [2.24, 2.45) is 0 Å². The van der Waals surface area contributed by atoms with E-state index in [0.29, 0.717) is 5.82 Å². The lowest BCUT2D eigenvalue weighted by molar-refractivity contribution is -0.117. The van der Waals surface area contributed by atoms with E-state index in [-0.39, 0.29) is 29.6 Å². The van der Waals surface area contributed by atoms with E-state index in [0.717, 1.165) is 0 Å². The molecule has 1 aliphatic rings. The van der Waals surface area contributed by atoms with Gasteiger partial charge in [-0.3, -0.25) is 19.5 Å². The van der Waals surface area contributed by atoms with Gasteiger partial charge in [0, 0.05) is 13.0 Å². The van der Waals surface area contributed by atoms with Gasteiger partial charge in [0.1, 0.15) is 0 Å². The molecule has 7 nitrogen and oxygen atoms in total. The van der Waals surface area contributed by atoms with Gasteiger partial charge in [-0.15, -0.1) is 0 Å². The molecule has 0 radical (unpaired) electrons. The van der Waals surface area contributed by atoms with Crippen LogP contribution < -0.4 is 21.5 Å². The normalized spacial score (nSPS) is 22.9. The molecule has 2 rings (SSSR count). The topological polar surface area (TPSA) is 104 Å². The Morgan fingerprint density at radius 3 is 2.71 bits per heavy atom. The molecule has 0 bridgehead atoms. The Labute approximate surface area is 98.0 Å². The highest BCUT2D eigenvalue weighted by Crippen LogP contribution is 2.29. The highest BCUT2D eigenvalue weighted by Gasteiger charge is 2.34. The molecule has 0 saturated carbocycles. The monoisotopic (exact) mass is 237 g/mol. The van der Waals surface area contributed by atoms with E-state index in [1.165, 1.54) is 11.8 Å². The van der Waals surface area contributed by atoms with Gasteiger partial charge >= 0.3 is 0 Å². The van der Waals surface area contributed by atoms with Gasteiger partial charge in [0.2, 0.25) is 11.9 Å². The molecule has 2 atom stereocenters. The summed E-state index contributed by atoms with van der Waals surface area (Å²) in [6.07, 6.45) is 0. The number of hydrogen-bond acceptors (Lipinski definition) is 5. The summed E-state index contributed by atoms with van der Waals surface area (Å²) in [4.78, 5) is 31.3. The third-order valence-electron chi connectivity index (χ3n) is 2.99. The SMILES string of the molecule is CC(=O)N1c2c(nc(N)[nH]c2=O)NC(C)C1C. The number of nitrogens with two attached hydrogens (primary N) is 1. The first-order valence-corrected chi connectivity index (χ1v) is 5.38. The van der Waals surface area contributed by atoms with E-state index in [1.54, 1.807) is 0 Å². The van der Waals surface area contributed by atoms with Crippen LogP contribution in [0.2, 0.25) is 0 Å². The molecule has 2 unspecified atom stereocenters. The average molecular weight is 237 g/mol. The number of nitrogen functional groups attached to an aromatic ring is 1. The predicted molar refractivity (Wildman–Crippen MR) is 65.0 cm³/mol. The Kier molecular flexibility index (Phi) is 2.53. The van der Waals surface area contributed by atoms with Crippen molar-refractivity contribution in [2.75, 3.05) is 16.0 Å². The van der Waals surface area contributed by atoms with Crippen LogP contribution in [0.5, 0.6) is 0 Å². The molecule has 0 saturated heterocycles. The Morgan fingerprint density at radius 1 is 1.47 bits per heavy atom. The number of rotatable bonds is 0. The van der Waals surface area contributed by atoms with Crippen molar-refractivity contribution in [3.63, 3.8) is 0 Å². The minimum Gasteiger partial charge on any atom is -0.369 e. The molecule has 0 fully saturated rings. The number of H-pyrrole nitrogens is 1. The molecular formula is C10H15N5O2. The zero-order valence-corrected chi connectivity index (χ0v) is 9.94. The highest BCUT2D eigenvalue weighted by molar-refractivity contribution is 5.96. The molecule has 1 amide bonds. The summed E-state index contributed by atoms with van der Waals surface area (Å²) in [5.41, 5.74) is 5.30. The van der Waals surface area contributed by atoms with Crippen molar-refractivity contribution >= 4 is 23.4 Å². The van der Waals surface area contributed by atoms with E-state index >= 15 is 0 Å². The van der Waals surface area contributed by atoms with Crippen LogP contribution in [0.4, 0.5) is 17.5 Å².